The molecule has 1 atom stereocenters. The van der Waals surface area contributed by atoms with Gasteiger partial charge in [0, 0.05) is 12.8 Å². The van der Waals surface area contributed by atoms with Gasteiger partial charge in [-0.3, -0.25) is 9.59 Å². The molecule has 0 aliphatic rings. The minimum Gasteiger partial charge on any atom is -0.481 e. The lowest BCUT2D eigenvalue weighted by atomic mass is 10.0. The van der Waals surface area contributed by atoms with E-state index in [1.165, 1.54) is 135 Å². The van der Waals surface area contributed by atoms with Gasteiger partial charge in [0.1, 0.15) is 6.10 Å². The zero-order chi connectivity index (χ0) is 31.5. The molecule has 0 rings (SSSR count). The Balaban J connectivity index is 3.52. The quantitative estimate of drug-likeness (QED) is 0.0443. The Morgan fingerprint density at radius 2 is 0.884 bits per heavy atom. The van der Waals surface area contributed by atoms with E-state index < -0.39 is 5.97 Å². The molecule has 0 radical (unpaired) electrons. The van der Waals surface area contributed by atoms with Gasteiger partial charge in [-0.15, -0.1) is 0 Å². The molecular weight excluding hydrogens is 532 g/mol. The lowest BCUT2D eigenvalue weighted by molar-refractivity contribution is -0.147. The molecule has 0 bridgehead atoms. The molecule has 43 heavy (non-hydrogen) atoms. The van der Waals surface area contributed by atoms with Crippen LogP contribution in [-0.2, 0) is 14.3 Å². The van der Waals surface area contributed by atoms with E-state index in [1.807, 2.05) is 0 Å². The molecule has 1 N–H and O–H groups in total. The van der Waals surface area contributed by atoms with Crippen LogP contribution in [-0.4, -0.2) is 23.1 Å². The third-order valence-electron chi connectivity index (χ3n) is 8.70. The van der Waals surface area contributed by atoms with E-state index in [-0.39, 0.29) is 18.5 Å². The number of unbranched alkanes of at least 4 members (excludes halogenated alkanes) is 26. The van der Waals surface area contributed by atoms with Crippen LogP contribution in [0.3, 0.4) is 0 Å². The third kappa shape index (κ3) is 35.0. The summed E-state index contributed by atoms with van der Waals surface area (Å²) in [6, 6.07) is 0. The maximum atomic E-state index is 12.4. The minimum atomic E-state index is -0.722. The zero-order valence-corrected chi connectivity index (χ0v) is 29.0. The number of hydrogen-bond donors (Lipinski definition) is 1. The van der Waals surface area contributed by atoms with Crippen LogP contribution in [0.1, 0.15) is 219 Å². The molecule has 0 spiro atoms. The van der Waals surface area contributed by atoms with E-state index in [2.05, 4.69) is 26.0 Å². The number of carboxylic acids is 1. The van der Waals surface area contributed by atoms with Crippen molar-refractivity contribution in [2.24, 2.45) is 0 Å². The summed E-state index contributed by atoms with van der Waals surface area (Å²) < 4.78 is 5.77. The third-order valence-corrected chi connectivity index (χ3v) is 8.70. The number of ether oxygens (including phenoxy) is 1. The highest BCUT2D eigenvalue weighted by Gasteiger charge is 2.11. The van der Waals surface area contributed by atoms with Crippen LogP contribution < -0.4 is 0 Å². The fourth-order valence-corrected chi connectivity index (χ4v) is 5.87. The summed E-state index contributed by atoms with van der Waals surface area (Å²) in [4.78, 5) is 23.0. The molecule has 0 aliphatic carbocycles. The Morgan fingerprint density at radius 1 is 0.512 bits per heavy atom. The van der Waals surface area contributed by atoms with Crippen LogP contribution in [0.2, 0.25) is 0 Å². The maximum Gasteiger partial charge on any atom is 0.306 e. The van der Waals surface area contributed by atoms with E-state index in [9.17, 15) is 9.59 Å². The molecule has 0 aromatic heterocycles. The van der Waals surface area contributed by atoms with Crippen LogP contribution >= 0.6 is 0 Å². The summed E-state index contributed by atoms with van der Waals surface area (Å²) in [6.07, 6.45) is 43.0. The predicted octanol–water partition coefficient (Wildman–Crippen LogP) is 13.1. The number of carbonyl (C=O) groups is 2. The fraction of sp³-hybridized carbons (Fsp3) is 0.897. The standard InChI is InChI=1S/C39H74O4/c1-3-5-7-8-9-10-11-12-13-14-15-16-17-18-19-20-21-22-23-24-25-26-32-36-39(42)43-37(33-29-6-4-2)34-30-27-28-31-35-38(40)41/h29,33,37H,3-28,30-32,34-36H2,1-2H3,(H,40,41)/b33-29-. The van der Waals surface area contributed by atoms with Gasteiger partial charge in [-0.05, 0) is 38.2 Å². The fourth-order valence-electron chi connectivity index (χ4n) is 5.87. The molecule has 0 fully saturated rings. The van der Waals surface area contributed by atoms with Crippen molar-refractivity contribution in [1.82, 2.24) is 0 Å². The van der Waals surface area contributed by atoms with Crippen LogP contribution in [0.5, 0.6) is 0 Å². The second-order valence-corrected chi connectivity index (χ2v) is 13.1. The van der Waals surface area contributed by atoms with E-state index in [1.54, 1.807) is 0 Å². The second kappa shape index (κ2) is 35.2. The average Bonchev–Trinajstić information content (AvgIpc) is 2.99. The number of carboxylic acid groups (broad SMARTS) is 1. The van der Waals surface area contributed by atoms with Gasteiger partial charge in [-0.2, -0.15) is 0 Å². The van der Waals surface area contributed by atoms with Crippen molar-refractivity contribution in [2.75, 3.05) is 0 Å². The van der Waals surface area contributed by atoms with Crippen molar-refractivity contribution in [3.8, 4) is 0 Å². The van der Waals surface area contributed by atoms with Crippen LogP contribution in [0.25, 0.3) is 0 Å². The van der Waals surface area contributed by atoms with Crippen molar-refractivity contribution in [2.45, 2.75) is 225 Å². The number of esters is 1. The first-order valence-electron chi connectivity index (χ1n) is 19.2. The first kappa shape index (κ1) is 41.7. The minimum absolute atomic E-state index is 0.0690. The molecule has 1 unspecified atom stereocenters. The monoisotopic (exact) mass is 607 g/mol. The van der Waals surface area contributed by atoms with Gasteiger partial charge in [0.2, 0.25) is 0 Å². The Hall–Kier alpha value is -1.32. The maximum absolute atomic E-state index is 12.4. The SMILES string of the molecule is CCC/C=C\C(CCCCCCC(=O)O)OC(=O)CCCCCCCCCCCCCCCCCCCCCCCCC. The molecule has 4 nitrogen and oxygen atoms in total. The summed E-state index contributed by atoms with van der Waals surface area (Å²) in [5, 5.41) is 8.75. The first-order chi connectivity index (χ1) is 21.1. The van der Waals surface area contributed by atoms with E-state index in [4.69, 9.17) is 9.84 Å². The van der Waals surface area contributed by atoms with Gasteiger partial charge in [-0.1, -0.05) is 180 Å². The highest BCUT2D eigenvalue weighted by molar-refractivity contribution is 5.69. The van der Waals surface area contributed by atoms with Crippen molar-refractivity contribution in [3.63, 3.8) is 0 Å². The summed E-state index contributed by atoms with van der Waals surface area (Å²) in [5.74, 6) is -0.791. The number of carbonyl (C=O) groups excluding carboxylic acids is 1. The summed E-state index contributed by atoms with van der Waals surface area (Å²) in [5.41, 5.74) is 0. The Labute approximate surface area is 268 Å². The van der Waals surface area contributed by atoms with Crippen LogP contribution in [0.15, 0.2) is 12.2 Å². The highest BCUT2D eigenvalue weighted by Crippen LogP contribution is 2.17. The number of aliphatic carboxylic acids is 1. The normalized spacial score (nSPS) is 12.2. The Bertz CT molecular complexity index is 614. The van der Waals surface area contributed by atoms with E-state index in [0.29, 0.717) is 6.42 Å². The van der Waals surface area contributed by atoms with Gasteiger partial charge in [0.15, 0.2) is 0 Å². The van der Waals surface area contributed by atoms with Gasteiger partial charge in [0.05, 0.1) is 0 Å². The summed E-state index contributed by atoms with van der Waals surface area (Å²) >= 11 is 0. The molecule has 254 valence electrons. The molecule has 0 heterocycles. The molecule has 0 aromatic rings. The molecule has 0 amide bonds. The Morgan fingerprint density at radius 3 is 1.28 bits per heavy atom. The molecule has 4 heteroatoms. The smallest absolute Gasteiger partial charge is 0.306 e. The summed E-state index contributed by atoms with van der Waals surface area (Å²) in [6.45, 7) is 4.44. The number of hydrogen-bond acceptors (Lipinski definition) is 3. The van der Waals surface area contributed by atoms with Gasteiger partial charge in [0.25, 0.3) is 0 Å². The molecule has 0 aliphatic heterocycles. The van der Waals surface area contributed by atoms with E-state index >= 15 is 0 Å². The van der Waals surface area contributed by atoms with Crippen molar-refractivity contribution >= 4 is 11.9 Å². The topological polar surface area (TPSA) is 63.6 Å². The van der Waals surface area contributed by atoms with Crippen LogP contribution in [0, 0.1) is 0 Å². The number of allylic oxidation sites excluding steroid dienone is 1. The Kier molecular flexibility index (Phi) is 34.1. The van der Waals surface area contributed by atoms with Crippen molar-refractivity contribution in [1.29, 1.82) is 0 Å². The first-order valence-corrected chi connectivity index (χ1v) is 19.2. The highest BCUT2D eigenvalue weighted by atomic mass is 16.5. The lowest BCUT2D eigenvalue weighted by Gasteiger charge is -2.14. The van der Waals surface area contributed by atoms with E-state index in [0.717, 1.165) is 57.8 Å². The van der Waals surface area contributed by atoms with Gasteiger partial charge < -0.3 is 9.84 Å². The molecule has 0 saturated carbocycles. The largest absolute Gasteiger partial charge is 0.481 e. The lowest BCUT2D eigenvalue weighted by Crippen LogP contribution is -2.16. The predicted molar refractivity (Wildman–Crippen MR) is 186 cm³/mol. The summed E-state index contributed by atoms with van der Waals surface area (Å²) in [7, 11) is 0. The molecule has 0 aromatic carbocycles. The molecule has 0 saturated heterocycles. The number of rotatable bonds is 35. The van der Waals surface area contributed by atoms with Gasteiger partial charge in [-0.25, -0.2) is 0 Å². The second-order valence-electron chi connectivity index (χ2n) is 13.1. The van der Waals surface area contributed by atoms with Crippen LogP contribution in [0.4, 0.5) is 0 Å². The van der Waals surface area contributed by atoms with Crippen molar-refractivity contribution < 1.29 is 19.4 Å². The van der Waals surface area contributed by atoms with Crippen molar-refractivity contribution in [3.05, 3.63) is 12.2 Å². The zero-order valence-electron chi connectivity index (χ0n) is 29.0. The average molecular weight is 607 g/mol. The molecular formula is C39H74O4. The van der Waals surface area contributed by atoms with Gasteiger partial charge >= 0.3 is 11.9 Å².